The Kier molecular flexibility index (Phi) is 32.8. The molecular formula is C114H128N12O18. The predicted molar refractivity (Wildman–Crippen MR) is 542 cm³/mol. The van der Waals surface area contributed by atoms with Crippen LogP contribution in [-0.4, -0.2) is 204 Å². The van der Waals surface area contributed by atoms with Gasteiger partial charge in [0.05, 0.1) is 166 Å². The first-order valence-corrected chi connectivity index (χ1v) is 50.2. The van der Waals surface area contributed by atoms with E-state index in [2.05, 4.69) is 76.2 Å². The van der Waals surface area contributed by atoms with Crippen molar-refractivity contribution < 1.29 is 87.0 Å². The van der Waals surface area contributed by atoms with Crippen molar-refractivity contribution >= 4 is 67.5 Å². The second-order valence-electron chi connectivity index (χ2n) is 39.1. The van der Waals surface area contributed by atoms with E-state index in [1.54, 1.807) is 34.3 Å². The molecule has 0 unspecified atom stereocenters. The topological polar surface area (TPSA) is 335 Å². The third-order valence-corrected chi connectivity index (χ3v) is 31.3. The molecule has 8 N–H and O–H groups in total. The number of fused-ring (bicyclic) bond motifs is 16. The lowest BCUT2D eigenvalue weighted by atomic mass is 9.67. The lowest BCUT2D eigenvalue weighted by Crippen LogP contribution is -2.47. The molecule has 0 bridgehead atoms. The van der Waals surface area contributed by atoms with Crippen molar-refractivity contribution in [3.8, 4) is 34.5 Å². The molecule has 0 saturated heterocycles. The number of hydrogen-bond acceptors (Lipinski definition) is 22. The van der Waals surface area contributed by atoms with Crippen LogP contribution in [-0.2, 0) is 63.8 Å². The molecule has 12 aromatic rings. The van der Waals surface area contributed by atoms with E-state index >= 15 is 0 Å². The summed E-state index contributed by atoms with van der Waals surface area (Å²) in [6.07, 6.45) is 5.35. The zero-order valence-corrected chi connectivity index (χ0v) is 82.2. The van der Waals surface area contributed by atoms with Crippen LogP contribution in [0.4, 0.5) is 0 Å². The first-order chi connectivity index (χ1) is 70.2. The molecule has 30 heteroatoms. The fraction of sp³-hybridized carbons (Fsp3) is 0.439. The number of esters is 4. The molecule has 144 heavy (non-hydrogen) atoms. The van der Waals surface area contributed by atoms with E-state index in [-0.39, 0.29) is 71.8 Å². The number of carbonyl (C=O) groups is 4. The van der Waals surface area contributed by atoms with Crippen molar-refractivity contribution in [1.29, 1.82) is 0 Å². The number of hydrogen-bond donors (Lipinski definition) is 8. The zero-order chi connectivity index (χ0) is 101. The minimum Gasteiger partial charge on any atom is -0.497 e. The summed E-state index contributed by atoms with van der Waals surface area (Å²) in [5.74, 6) is -0.468. The van der Waals surface area contributed by atoms with Crippen LogP contribution in [0, 0.1) is 97.3 Å². The molecule has 4 aliphatic carbocycles. The molecule has 8 aliphatic rings. The summed E-state index contributed by atoms with van der Waals surface area (Å²) >= 11 is 0. The van der Waals surface area contributed by atoms with E-state index in [1.165, 1.54) is 28.4 Å². The molecule has 8 heterocycles. The van der Waals surface area contributed by atoms with Crippen LogP contribution >= 0.6 is 0 Å². The number of aromatic nitrogens is 4. The SMILES string of the molecule is [C-]#[N+]N1CCc2c([nH]c3ccccc23)[C@@H](Oc2ccc(OC)cc2)C[C@H]2[C@@H](CC[C@H](O)[C@@H]2C(=O)OC)C1.[C-]#[N+]N1CCc2c([nH]c3ccccc23)[C@@H](Oc2ccccc2)C[C@H]2[C@@H](CC[C@H](O)[C@@H]2C(=O)OC)C1.[C-]#[N+]N1CCc2c([nH]c3ccccc23)[C@H](Oc2ccc(OC)cc2)C[C@H]2[C@@H](CC[C@H](O)[C@@H]2C(=O)OC)C1.[C-]#[N+]N1CCc2c([nH]c3ccccc23)[C@H](Oc2ccccc2)C[C@H]2[C@@H](CC[C@H](O)[C@@H]2C(=O)OC)C1. The van der Waals surface area contributed by atoms with Gasteiger partial charge in [-0.25, -0.2) is 0 Å². The molecule has 4 saturated carbocycles. The highest BCUT2D eigenvalue weighted by atomic mass is 16.5. The van der Waals surface area contributed by atoms with Crippen molar-refractivity contribution in [3.63, 3.8) is 0 Å². The summed E-state index contributed by atoms with van der Waals surface area (Å²) in [6.45, 7) is 35.7. The standard InChI is InChI=1S/2C29H33N3O5.2C28H31N3O4/c2*1-30-32-15-14-22-21-6-4-5-7-24(21)31-28(22)26(37-20-11-9-19(35-2)10-12-20)16-23-18(17-32)8-13-25(33)27(23)29(34)36-3;2*1-29-31-15-14-21-20-10-6-7-11-23(20)30-27(21)25(35-19-8-4-3-5-9-19)16-22-18(17-31)12-13-24(32)26(22)28(33)34-2/h2*4-7,9-12,18,23,25-27,31,33H,8,13-17H2,2-3H3;2*3-11,18,22,24-26,30,32H,12-17H2,2H3/t18-,23-,25-,26+,27+;18-,23-,25-,26-,27+;18-,22-,24-,25+,26+;18-,22-,24-,25-,26+/m0000/s1. The maximum absolute atomic E-state index is 12.9. The molecular weight excluding hydrogens is 1830 g/mol. The predicted octanol–water partition coefficient (Wildman–Crippen LogP) is 18.2. The molecule has 4 aromatic heterocycles. The number of para-hydroxylation sites is 6. The van der Waals surface area contributed by atoms with Crippen molar-refractivity contribution in [2.45, 2.75) is 152 Å². The minimum atomic E-state index is -0.790. The number of nitrogens with one attached hydrogen (secondary N) is 4. The van der Waals surface area contributed by atoms with E-state index in [4.69, 9.17) is 73.7 Å². The molecule has 20 rings (SSSR count). The van der Waals surface area contributed by atoms with Gasteiger partial charge in [-0.05, 0) is 269 Å². The van der Waals surface area contributed by atoms with Crippen LogP contribution in [0.25, 0.3) is 63.4 Å². The van der Waals surface area contributed by atoms with Gasteiger partial charge in [0, 0.05) is 43.6 Å². The van der Waals surface area contributed by atoms with Gasteiger partial charge in [0.25, 0.3) is 0 Å². The molecule has 4 aliphatic heterocycles. The van der Waals surface area contributed by atoms with Gasteiger partial charge in [-0.15, -0.1) is 20.0 Å². The number of methoxy groups -OCH3 is 6. The monoisotopic (exact) mass is 1950 g/mol. The van der Waals surface area contributed by atoms with Crippen LogP contribution in [0.15, 0.2) is 206 Å². The third kappa shape index (κ3) is 22.5. The molecule has 4 fully saturated rings. The number of rotatable bonds is 14. The first kappa shape index (κ1) is 101. The molecule has 20 atom stereocenters. The number of aromatic amines is 4. The maximum atomic E-state index is 12.9. The smallest absolute Gasteiger partial charge is 0.311 e. The highest BCUT2D eigenvalue weighted by Crippen LogP contribution is 2.52. The lowest BCUT2D eigenvalue weighted by molar-refractivity contribution is -0.159. The van der Waals surface area contributed by atoms with E-state index in [1.807, 2.05) is 170 Å². The van der Waals surface area contributed by atoms with Gasteiger partial charge in [0.2, 0.25) is 0 Å². The van der Waals surface area contributed by atoms with Crippen LogP contribution in [0.1, 0.15) is 146 Å². The number of aliphatic hydroxyl groups excluding tert-OH is 4. The molecule has 0 amide bonds. The maximum Gasteiger partial charge on any atom is 0.311 e. The summed E-state index contributed by atoms with van der Waals surface area (Å²) in [6, 6.07) is 67.1. The molecule has 0 spiro atoms. The number of ether oxygens (including phenoxy) is 10. The van der Waals surface area contributed by atoms with Gasteiger partial charge in [-0.1, -0.05) is 109 Å². The summed E-state index contributed by atoms with van der Waals surface area (Å²) in [4.78, 5) is 81.3. The van der Waals surface area contributed by atoms with Crippen molar-refractivity contribution in [2.24, 2.45) is 71.0 Å². The Morgan fingerprint density at radius 1 is 0.285 bits per heavy atom. The highest BCUT2D eigenvalue weighted by Gasteiger charge is 2.52. The van der Waals surface area contributed by atoms with Crippen molar-refractivity contribution in [2.75, 3.05) is 95.0 Å². The lowest BCUT2D eigenvalue weighted by Gasteiger charge is -2.41. The number of H-pyrrole nitrogens is 4. The summed E-state index contributed by atoms with van der Waals surface area (Å²) in [5.41, 5.74) is 12.4. The highest BCUT2D eigenvalue weighted by molar-refractivity contribution is 5.88. The Hall–Kier alpha value is -14.4. The Morgan fingerprint density at radius 2 is 0.493 bits per heavy atom. The first-order valence-electron chi connectivity index (χ1n) is 50.2. The average Bonchev–Trinajstić information content (AvgIpc) is 0.853. The summed E-state index contributed by atoms with van der Waals surface area (Å²) < 4.78 is 57.7. The van der Waals surface area contributed by atoms with Gasteiger partial charge in [0.1, 0.15) is 58.9 Å². The van der Waals surface area contributed by atoms with E-state index in [9.17, 15) is 39.6 Å². The van der Waals surface area contributed by atoms with Gasteiger partial charge in [0.15, 0.2) is 0 Å². The largest absolute Gasteiger partial charge is 0.497 e. The van der Waals surface area contributed by atoms with Gasteiger partial charge < -0.3 is 87.7 Å². The van der Waals surface area contributed by atoms with E-state index in [0.717, 1.165) is 150 Å². The number of carbonyl (C=O) groups excluding carboxylic acids is 4. The van der Waals surface area contributed by atoms with E-state index < -0.39 is 72.0 Å². The Bertz CT molecular complexity index is 6170. The number of aliphatic hydroxyl groups is 4. The summed E-state index contributed by atoms with van der Waals surface area (Å²) in [7, 11) is 8.73. The molecule has 752 valence electrons. The van der Waals surface area contributed by atoms with Crippen molar-refractivity contribution in [1.82, 2.24) is 40.0 Å². The molecule has 30 nitrogen and oxygen atoms in total. The number of benzene rings is 8. The minimum absolute atomic E-state index is 0.0505. The van der Waals surface area contributed by atoms with Crippen LogP contribution in [0.3, 0.4) is 0 Å². The normalized spacial score (nSPS) is 26.3. The Balaban J connectivity index is 0.000000132. The second-order valence-corrected chi connectivity index (χ2v) is 39.1. The quantitative estimate of drug-likeness (QED) is 0.0285. The summed E-state index contributed by atoms with van der Waals surface area (Å²) in [5, 5.41) is 55.2. The van der Waals surface area contributed by atoms with Gasteiger partial charge in [-0.3, -0.25) is 19.2 Å². The van der Waals surface area contributed by atoms with Crippen LogP contribution < -0.4 is 28.4 Å². The van der Waals surface area contributed by atoms with Crippen molar-refractivity contribution in [3.05, 3.63) is 297 Å². The average molecular weight is 1950 g/mol. The van der Waals surface area contributed by atoms with Gasteiger partial charge in [-0.2, -0.15) is 46.1 Å². The zero-order valence-electron chi connectivity index (χ0n) is 82.2. The molecule has 8 aromatic carbocycles. The van der Waals surface area contributed by atoms with E-state index in [0.29, 0.717) is 128 Å². The molecule has 0 radical (unpaired) electrons. The number of nitrogens with zero attached hydrogens (tertiary/aromatic N) is 8. The Labute approximate surface area is 839 Å². The van der Waals surface area contributed by atoms with Gasteiger partial charge >= 0.3 is 23.9 Å². The van der Waals surface area contributed by atoms with Crippen LogP contribution in [0.2, 0.25) is 0 Å². The fourth-order valence-electron chi connectivity index (χ4n) is 24.2. The Morgan fingerprint density at radius 3 is 0.708 bits per heavy atom. The van der Waals surface area contributed by atoms with Crippen LogP contribution in [0.5, 0.6) is 34.5 Å². The second kappa shape index (κ2) is 46.8. The fourth-order valence-corrected chi connectivity index (χ4v) is 24.2. The third-order valence-electron chi connectivity index (χ3n) is 31.3.